The van der Waals surface area contributed by atoms with E-state index in [1.807, 2.05) is 19.1 Å². The normalized spacial score (nSPS) is 11.4. The van der Waals surface area contributed by atoms with Gasteiger partial charge in [-0.2, -0.15) is 13.2 Å². The number of hydrogen-bond acceptors (Lipinski definition) is 6. The van der Waals surface area contributed by atoms with Crippen LogP contribution in [0.2, 0.25) is 0 Å². The summed E-state index contributed by atoms with van der Waals surface area (Å²) < 4.78 is 38.7. The first-order chi connectivity index (χ1) is 15.2. The molecule has 0 fully saturated rings. The molecular weight excluding hydrogens is 421 g/mol. The molecule has 10 heteroatoms. The van der Waals surface area contributed by atoms with Gasteiger partial charge in [0.1, 0.15) is 11.5 Å². The van der Waals surface area contributed by atoms with Crippen LogP contribution in [0, 0.1) is 6.92 Å². The van der Waals surface area contributed by atoms with Crippen LogP contribution in [0.1, 0.15) is 21.7 Å². The Hall–Kier alpha value is -4.08. The highest BCUT2D eigenvalue weighted by Crippen LogP contribution is 2.30. The average Bonchev–Trinajstić information content (AvgIpc) is 2.79. The number of hydrogen-bond donors (Lipinski definition) is 2. The third-order valence-corrected chi connectivity index (χ3v) is 4.80. The van der Waals surface area contributed by atoms with E-state index in [0.717, 1.165) is 28.7 Å². The van der Waals surface area contributed by atoms with Crippen molar-refractivity contribution in [3.05, 3.63) is 72.1 Å². The van der Waals surface area contributed by atoms with Crippen molar-refractivity contribution in [1.82, 2.24) is 19.9 Å². The maximum absolute atomic E-state index is 12.9. The zero-order chi connectivity index (χ0) is 22.9. The Morgan fingerprint density at radius 3 is 2.53 bits per heavy atom. The van der Waals surface area contributed by atoms with Gasteiger partial charge in [0.2, 0.25) is 0 Å². The number of pyridine rings is 4. The zero-order valence-electron chi connectivity index (χ0n) is 17.0. The molecule has 0 saturated heterocycles. The number of aryl methyl sites for hydroxylation is 1. The fraction of sp³-hybridized carbons (Fsp3) is 0.136. The predicted molar refractivity (Wildman–Crippen MR) is 114 cm³/mol. The molecule has 1 amide bonds. The van der Waals surface area contributed by atoms with Crippen molar-refractivity contribution in [1.29, 1.82) is 0 Å². The van der Waals surface area contributed by atoms with Gasteiger partial charge in [-0.25, -0.2) is 4.98 Å². The molecule has 0 bridgehead atoms. The second-order valence-corrected chi connectivity index (χ2v) is 6.97. The summed E-state index contributed by atoms with van der Waals surface area (Å²) in [5.41, 5.74) is 1.96. The number of amides is 1. The lowest BCUT2D eigenvalue weighted by Crippen LogP contribution is -2.16. The van der Waals surface area contributed by atoms with E-state index >= 15 is 0 Å². The van der Waals surface area contributed by atoms with Crippen LogP contribution < -0.4 is 10.6 Å². The lowest BCUT2D eigenvalue weighted by atomic mass is 10.0. The number of aromatic nitrogens is 4. The molecule has 4 rings (SSSR count). The molecule has 7 nitrogen and oxygen atoms in total. The summed E-state index contributed by atoms with van der Waals surface area (Å²) in [5, 5.41) is 6.33. The number of nitrogens with one attached hydrogen (secondary N) is 2. The maximum Gasteiger partial charge on any atom is 0.416 e. The Balaban J connectivity index is 1.63. The predicted octanol–water partition coefficient (Wildman–Crippen LogP) is 4.71. The highest BCUT2D eigenvalue weighted by atomic mass is 19.4. The Bertz CT molecular complexity index is 1320. The third-order valence-electron chi connectivity index (χ3n) is 4.80. The van der Waals surface area contributed by atoms with Gasteiger partial charge >= 0.3 is 6.18 Å². The minimum absolute atomic E-state index is 0.318. The van der Waals surface area contributed by atoms with Crippen LogP contribution in [-0.2, 0) is 6.18 Å². The monoisotopic (exact) mass is 438 g/mol. The van der Waals surface area contributed by atoms with Gasteiger partial charge in [-0.1, -0.05) is 0 Å². The van der Waals surface area contributed by atoms with E-state index < -0.39 is 17.6 Å². The number of fused-ring (bicyclic) bond motifs is 1. The van der Waals surface area contributed by atoms with Crippen molar-refractivity contribution in [2.75, 3.05) is 17.7 Å². The molecule has 0 unspecified atom stereocenters. The Kier molecular flexibility index (Phi) is 5.43. The van der Waals surface area contributed by atoms with Gasteiger partial charge in [-0.15, -0.1) is 0 Å². The van der Waals surface area contributed by atoms with E-state index in [1.165, 1.54) is 6.20 Å². The Labute approximate surface area is 180 Å². The highest BCUT2D eigenvalue weighted by Gasteiger charge is 2.31. The van der Waals surface area contributed by atoms with Crippen molar-refractivity contribution in [3.8, 4) is 11.1 Å². The van der Waals surface area contributed by atoms with Crippen molar-refractivity contribution < 1.29 is 18.0 Å². The van der Waals surface area contributed by atoms with E-state index in [-0.39, 0.29) is 5.69 Å². The molecule has 4 aromatic heterocycles. The molecule has 0 aliphatic rings. The third kappa shape index (κ3) is 4.34. The fourth-order valence-corrected chi connectivity index (χ4v) is 3.13. The number of rotatable bonds is 4. The number of alkyl halides is 3. The summed E-state index contributed by atoms with van der Waals surface area (Å²) in [7, 11) is 1.77. The van der Waals surface area contributed by atoms with Gasteiger partial charge in [-0.3, -0.25) is 19.7 Å². The maximum atomic E-state index is 12.9. The van der Waals surface area contributed by atoms with Crippen LogP contribution in [0.15, 0.2) is 55.1 Å². The van der Waals surface area contributed by atoms with E-state index in [9.17, 15) is 18.0 Å². The summed E-state index contributed by atoms with van der Waals surface area (Å²) in [6.07, 6.45) is 1.20. The first-order valence-electron chi connectivity index (χ1n) is 9.50. The summed E-state index contributed by atoms with van der Waals surface area (Å²) in [6.45, 7) is 1.81. The lowest BCUT2D eigenvalue weighted by Gasteiger charge is -2.11. The van der Waals surface area contributed by atoms with E-state index in [4.69, 9.17) is 0 Å². The topological polar surface area (TPSA) is 92.7 Å². The second kappa shape index (κ2) is 8.22. The van der Waals surface area contributed by atoms with Gasteiger partial charge in [0.05, 0.1) is 23.0 Å². The molecule has 0 atom stereocenters. The SMILES string of the molecule is CNc1cc2ncc(-c3cc(NC(=O)c4cc(C(F)(F)F)ccn4)cnc3C)cc2cn1. The first-order valence-corrected chi connectivity index (χ1v) is 9.50. The lowest BCUT2D eigenvalue weighted by molar-refractivity contribution is -0.137. The largest absolute Gasteiger partial charge is 0.416 e. The number of halogens is 3. The van der Waals surface area contributed by atoms with E-state index in [1.54, 1.807) is 25.5 Å². The molecule has 0 aliphatic carbocycles. The minimum Gasteiger partial charge on any atom is -0.373 e. The number of carbonyl (C=O) groups is 1. The van der Waals surface area contributed by atoms with Crippen LogP contribution in [-0.4, -0.2) is 32.9 Å². The minimum atomic E-state index is -4.57. The summed E-state index contributed by atoms with van der Waals surface area (Å²) in [4.78, 5) is 29.3. The van der Waals surface area contributed by atoms with Crippen LogP contribution in [0.4, 0.5) is 24.7 Å². The van der Waals surface area contributed by atoms with Crippen LogP contribution in [0.3, 0.4) is 0 Å². The van der Waals surface area contributed by atoms with Crippen molar-refractivity contribution in [2.24, 2.45) is 0 Å². The van der Waals surface area contributed by atoms with E-state index in [2.05, 4.69) is 30.6 Å². The van der Waals surface area contributed by atoms with Gasteiger partial charge in [0.25, 0.3) is 5.91 Å². The fourth-order valence-electron chi connectivity index (χ4n) is 3.13. The Morgan fingerprint density at radius 2 is 1.78 bits per heavy atom. The van der Waals surface area contributed by atoms with Crippen LogP contribution >= 0.6 is 0 Å². The first kappa shape index (κ1) is 21.2. The molecule has 0 spiro atoms. The molecule has 2 N–H and O–H groups in total. The summed E-state index contributed by atoms with van der Waals surface area (Å²) in [6, 6.07) is 6.93. The average molecular weight is 438 g/mol. The Morgan fingerprint density at radius 1 is 0.969 bits per heavy atom. The second-order valence-electron chi connectivity index (χ2n) is 6.97. The number of nitrogens with zero attached hydrogens (tertiary/aromatic N) is 4. The molecule has 4 aromatic rings. The molecule has 0 aliphatic heterocycles. The number of carbonyl (C=O) groups excluding carboxylic acids is 1. The molecule has 0 radical (unpaired) electrons. The van der Waals surface area contributed by atoms with Gasteiger partial charge in [0.15, 0.2) is 0 Å². The zero-order valence-corrected chi connectivity index (χ0v) is 17.0. The molecule has 162 valence electrons. The van der Waals surface area contributed by atoms with Gasteiger partial charge in [-0.05, 0) is 31.2 Å². The van der Waals surface area contributed by atoms with Gasteiger partial charge in [0, 0.05) is 53.9 Å². The van der Waals surface area contributed by atoms with Crippen LogP contribution in [0.5, 0.6) is 0 Å². The summed E-state index contributed by atoms with van der Waals surface area (Å²) in [5.74, 6) is -0.0726. The molecular formula is C22H17F3N6O. The number of anilines is 2. The molecule has 0 aromatic carbocycles. The quantitative estimate of drug-likeness (QED) is 0.480. The molecule has 32 heavy (non-hydrogen) atoms. The van der Waals surface area contributed by atoms with Crippen molar-refractivity contribution >= 4 is 28.3 Å². The highest BCUT2D eigenvalue weighted by molar-refractivity contribution is 6.03. The van der Waals surface area contributed by atoms with Crippen LogP contribution in [0.25, 0.3) is 22.0 Å². The van der Waals surface area contributed by atoms with Crippen molar-refractivity contribution in [2.45, 2.75) is 13.1 Å². The standard InChI is InChI=1S/C22H17F3N6O/c1-12-17(13-5-14-10-30-20(26-2)8-18(14)29-9-13)7-16(11-28-12)31-21(32)19-6-15(3-4-27-19)22(23,24)25/h3-11H,1-2H3,(H,26,30)(H,31,32). The molecule has 4 heterocycles. The smallest absolute Gasteiger partial charge is 0.373 e. The molecule has 0 saturated carbocycles. The van der Waals surface area contributed by atoms with Gasteiger partial charge < -0.3 is 10.6 Å². The van der Waals surface area contributed by atoms with Crippen molar-refractivity contribution in [3.63, 3.8) is 0 Å². The summed E-state index contributed by atoms with van der Waals surface area (Å²) >= 11 is 0. The van der Waals surface area contributed by atoms with E-state index in [0.29, 0.717) is 28.8 Å².